The van der Waals surface area contributed by atoms with Crippen molar-refractivity contribution in [3.63, 3.8) is 0 Å². The smallest absolute Gasteiger partial charge is 0.119 e. The Hall–Kier alpha value is -2.29. The second-order valence-electron chi connectivity index (χ2n) is 3.72. The van der Waals surface area contributed by atoms with Crippen LogP contribution in [0.25, 0.3) is 0 Å². The molecule has 0 aliphatic rings. The van der Waals surface area contributed by atoms with Crippen LogP contribution in [0.4, 0.5) is 0 Å². The molecule has 0 fully saturated rings. The number of rotatable bonds is 4. The summed E-state index contributed by atoms with van der Waals surface area (Å²) >= 11 is 0. The van der Waals surface area contributed by atoms with Crippen molar-refractivity contribution in [3.05, 3.63) is 65.7 Å². The molecule has 0 aromatic heterocycles. The molecular formula is C15H15NO2. The fraction of sp³-hybridized carbons (Fsp3) is 0.133. The van der Waals surface area contributed by atoms with Crippen LogP contribution in [0.1, 0.15) is 11.1 Å². The summed E-state index contributed by atoms with van der Waals surface area (Å²) in [7, 11) is 3.19. The molecule has 0 radical (unpaired) electrons. The van der Waals surface area contributed by atoms with Gasteiger partial charge in [0, 0.05) is 11.1 Å². The molecule has 92 valence electrons. The van der Waals surface area contributed by atoms with Gasteiger partial charge in [0.1, 0.15) is 18.6 Å². The highest BCUT2D eigenvalue weighted by molar-refractivity contribution is 6.12. The Bertz CT molecular complexity index is 535. The maximum absolute atomic E-state index is 5.22. The highest BCUT2D eigenvalue weighted by atomic mass is 16.6. The van der Waals surface area contributed by atoms with Crippen LogP contribution in [-0.2, 0) is 4.84 Å². The first-order valence-corrected chi connectivity index (χ1v) is 5.66. The molecule has 0 spiro atoms. The summed E-state index contributed by atoms with van der Waals surface area (Å²) in [6.07, 6.45) is 0. The average Bonchev–Trinajstić information content (AvgIpc) is 2.46. The van der Waals surface area contributed by atoms with Crippen molar-refractivity contribution >= 4 is 5.71 Å². The third-order valence-electron chi connectivity index (χ3n) is 2.57. The minimum absolute atomic E-state index is 0.789. The van der Waals surface area contributed by atoms with Gasteiger partial charge in [0.05, 0.1) is 7.11 Å². The summed E-state index contributed by atoms with van der Waals surface area (Å²) in [6.45, 7) is 0. The van der Waals surface area contributed by atoms with E-state index in [9.17, 15) is 0 Å². The molecule has 0 aliphatic heterocycles. The van der Waals surface area contributed by atoms with E-state index in [2.05, 4.69) is 5.16 Å². The lowest BCUT2D eigenvalue weighted by Gasteiger charge is -2.07. The van der Waals surface area contributed by atoms with E-state index in [4.69, 9.17) is 9.57 Å². The van der Waals surface area contributed by atoms with Crippen molar-refractivity contribution in [1.82, 2.24) is 0 Å². The Morgan fingerprint density at radius 1 is 0.889 bits per heavy atom. The molecule has 0 saturated carbocycles. The van der Waals surface area contributed by atoms with Gasteiger partial charge in [0.25, 0.3) is 0 Å². The lowest BCUT2D eigenvalue weighted by Crippen LogP contribution is -2.04. The van der Waals surface area contributed by atoms with E-state index in [0.717, 1.165) is 22.6 Å². The monoisotopic (exact) mass is 241 g/mol. The summed E-state index contributed by atoms with van der Waals surface area (Å²) in [5, 5.41) is 4.10. The molecule has 0 aliphatic carbocycles. The molecule has 2 rings (SSSR count). The Balaban J connectivity index is 2.45. The third-order valence-corrected chi connectivity index (χ3v) is 2.57. The quantitative estimate of drug-likeness (QED) is 0.608. The topological polar surface area (TPSA) is 30.8 Å². The normalized spacial score (nSPS) is 11.1. The largest absolute Gasteiger partial charge is 0.497 e. The molecule has 0 bridgehead atoms. The van der Waals surface area contributed by atoms with Gasteiger partial charge in [-0.25, -0.2) is 0 Å². The molecule has 3 heteroatoms. The number of hydrogen-bond donors (Lipinski definition) is 0. The highest BCUT2D eigenvalue weighted by Crippen LogP contribution is 2.17. The maximum atomic E-state index is 5.22. The molecule has 3 nitrogen and oxygen atoms in total. The van der Waals surface area contributed by atoms with E-state index in [1.807, 2.05) is 54.6 Å². The van der Waals surface area contributed by atoms with E-state index >= 15 is 0 Å². The number of benzene rings is 2. The van der Waals surface area contributed by atoms with Crippen molar-refractivity contribution in [1.29, 1.82) is 0 Å². The van der Waals surface area contributed by atoms with Crippen LogP contribution in [0.15, 0.2) is 59.8 Å². The predicted octanol–water partition coefficient (Wildman–Crippen LogP) is 3.09. The maximum Gasteiger partial charge on any atom is 0.119 e. The van der Waals surface area contributed by atoms with Gasteiger partial charge in [-0.1, -0.05) is 47.6 Å². The summed E-state index contributed by atoms with van der Waals surface area (Å²) < 4.78 is 5.22. The first-order chi connectivity index (χ1) is 8.85. The minimum atomic E-state index is 0.789. The Morgan fingerprint density at radius 3 is 2.28 bits per heavy atom. The summed E-state index contributed by atoms with van der Waals surface area (Å²) in [5.41, 5.74) is 2.76. The van der Waals surface area contributed by atoms with Crippen LogP contribution >= 0.6 is 0 Å². The number of oxime groups is 1. The van der Waals surface area contributed by atoms with Crippen molar-refractivity contribution in [2.24, 2.45) is 5.16 Å². The van der Waals surface area contributed by atoms with Gasteiger partial charge in [-0.15, -0.1) is 0 Å². The third kappa shape index (κ3) is 2.69. The van der Waals surface area contributed by atoms with Gasteiger partial charge in [-0.3, -0.25) is 0 Å². The van der Waals surface area contributed by atoms with E-state index in [1.54, 1.807) is 14.2 Å². The average molecular weight is 241 g/mol. The number of hydrogen-bond acceptors (Lipinski definition) is 3. The molecule has 0 saturated heterocycles. The molecule has 0 amide bonds. The van der Waals surface area contributed by atoms with Crippen LogP contribution in [0.3, 0.4) is 0 Å². The minimum Gasteiger partial charge on any atom is -0.497 e. The van der Waals surface area contributed by atoms with Gasteiger partial charge in [0.2, 0.25) is 0 Å². The van der Waals surface area contributed by atoms with Crippen molar-refractivity contribution in [2.75, 3.05) is 14.2 Å². The molecule has 0 N–H and O–H groups in total. The molecule has 2 aromatic carbocycles. The van der Waals surface area contributed by atoms with E-state index in [1.165, 1.54) is 0 Å². The van der Waals surface area contributed by atoms with Crippen molar-refractivity contribution in [3.8, 4) is 5.75 Å². The molecule has 2 aromatic rings. The van der Waals surface area contributed by atoms with Crippen LogP contribution in [-0.4, -0.2) is 19.9 Å². The van der Waals surface area contributed by atoms with E-state index < -0.39 is 0 Å². The number of methoxy groups -OCH3 is 1. The van der Waals surface area contributed by atoms with Gasteiger partial charge in [0.15, 0.2) is 0 Å². The zero-order valence-corrected chi connectivity index (χ0v) is 10.5. The van der Waals surface area contributed by atoms with Crippen molar-refractivity contribution < 1.29 is 9.57 Å². The van der Waals surface area contributed by atoms with E-state index in [-0.39, 0.29) is 0 Å². The second kappa shape index (κ2) is 5.87. The first-order valence-electron chi connectivity index (χ1n) is 5.66. The molecule has 0 heterocycles. The Kier molecular flexibility index (Phi) is 3.97. The lowest BCUT2D eigenvalue weighted by atomic mass is 10.0. The molecule has 18 heavy (non-hydrogen) atoms. The lowest BCUT2D eigenvalue weighted by molar-refractivity contribution is 0.214. The first kappa shape index (κ1) is 12.2. The van der Waals surface area contributed by atoms with E-state index in [0.29, 0.717) is 0 Å². The fourth-order valence-corrected chi connectivity index (χ4v) is 1.73. The van der Waals surface area contributed by atoms with Gasteiger partial charge >= 0.3 is 0 Å². The number of nitrogens with zero attached hydrogens (tertiary/aromatic N) is 1. The Labute approximate surface area is 107 Å². The van der Waals surface area contributed by atoms with Crippen LogP contribution < -0.4 is 4.74 Å². The van der Waals surface area contributed by atoms with Crippen LogP contribution in [0, 0.1) is 0 Å². The standard InChI is InChI=1S/C15H15NO2/c1-17-14-10-6-9-13(11-14)15(16-18-2)12-7-4-3-5-8-12/h3-11H,1-2H3/b16-15-. The van der Waals surface area contributed by atoms with Gasteiger partial charge in [-0.05, 0) is 12.1 Å². The summed E-state index contributed by atoms with van der Waals surface area (Å²) in [6, 6.07) is 17.7. The molecule has 0 unspecified atom stereocenters. The van der Waals surface area contributed by atoms with Gasteiger partial charge in [-0.2, -0.15) is 0 Å². The van der Waals surface area contributed by atoms with Crippen molar-refractivity contribution in [2.45, 2.75) is 0 Å². The Morgan fingerprint density at radius 2 is 1.61 bits per heavy atom. The summed E-state index contributed by atoms with van der Waals surface area (Å²) in [5.74, 6) is 0.798. The summed E-state index contributed by atoms with van der Waals surface area (Å²) in [4.78, 5) is 4.93. The zero-order valence-electron chi connectivity index (χ0n) is 10.5. The fourth-order valence-electron chi connectivity index (χ4n) is 1.73. The highest BCUT2D eigenvalue weighted by Gasteiger charge is 2.08. The predicted molar refractivity (Wildman–Crippen MR) is 72.1 cm³/mol. The number of ether oxygens (including phenoxy) is 1. The SMILES string of the molecule is CO/N=C(/c1ccccc1)c1cccc(OC)c1. The second-order valence-corrected chi connectivity index (χ2v) is 3.72. The zero-order chi connectivity index (χ0) is 12.8. The molecular weight excluding hydrogens is 226 g/mol. The molecule has 0 atom stereocenters. The van der Waals surface area contributed by atoms with Crippen LogP contribution in [0.2, 0.25) is 0 Å². The van der Waals surface area contributed by atoms with Gasteiger partial charge < -0.3 is 9.57 Å². The van der Waals surface area contributed by atoms with Crippen LogP contribution in [0.5, 0.6) is 5.75 Å².